The highest BCUT2D eigenvalue weighted by atomic mass is 16.5. The van der Waals surface area contributed by atoms with Crippen molar-refractivity contribution < 1.29 is 4.74 Å². The van der Waals surface area contributed by atoms with Crippen molar-refractivity contribution in [1.29, 1.82) is 0 Å². The first-order chi connectivity index (χ1) is 9.28. The molecule has 102 valence electrons. The van der Waals surface area contributed by atoms with Crippen LogP contribution in [0.15, 0.2) is 18.3 Å². The Hall–Kier alpha value is -1.48. The molecule has 0 radical (unpaired) electrons. The lowest BCUT2D eigenvalue weighted by Crippen LogP contribution is -2.35. The third kappa shape index (κ3) is 2.47. The molecule has 1 aliphatic rings. The quantitative estimate of drug-likeness (QED) is 0.887. The average molecular weight is 258 g/mol. The molecule has 1 saturated heterocycles. The number of piperidine rings is 1. The van der Waals surface area contributed by atoms with Gasteiger partial charge < -0.3 is 15.0 Å². The van der Waals surface area contributed by atoms with E-state index in [1.165, 1.54) is 35.8 Å². The second-order valence-corrected chi connectivity index (χ2v) is 5.54. The number of benzene rings is 1. The Kier molecular flexibility index (Phi) is 3.47. The van der Waals surface area contributed by atoms with Crippen molar-refractivity contribution in [3.63, 3.8) is 0 Å². The maximum absolute atomic E-state index is 5.52. The average Bonchev–Trinajstić information content (AvgIpc) is 2.81. The van der Waals surface area contributed by atoms with Gasteiger partial charge in [-0.25, -0.2) is 0 Å². The molecule has 0 amide bonds. The zero-order valence-corrected chi connectivity index (χ0v) is 11.8. The van der Waals surface area contributed by atoms with E-state index in [0.29, 0.717) is 6.04 Å². The predicted molar refractivity (Wildman–Crippen MR) is 78.9 cm³/mol. The molecule has 0 aliphatic carbocycles. The SMILES string of the molecule is COc1cc(CC2CCCCN2)cc2c(C)c[nH]c12. The van der Waals surface area contributed by atoms with Crippen molar-refractivity contribution in [3.05, 3.63) is 29.5 Å². The number of H-pyrrole nitrogens is 1. The second kappa shape index (κ2) is 5.25. The van der Waals surface area contributed by atoms with E-state index in [2.05, 4.69) is 35.6 Å². The number of hydrogen-bond acceptors (Lipinski definition) is 2. The Morgan fingerprint density at radius 1 is 1.32 bits per heavy atom. The van der Waals surface area contributed by atoms with E-state index in [4.69, 9.17) is 4.74 Å². The number of fused-ring (bicyclic) bond motifs is 1. The number of ether oxygens (including phenoxy) is 1. The van der Waals surface area contributed by atoms with Gasteiger partial charge in [-0.2, -0.15) is 0 Å². The van der Waals surface area contributed by atoms with E-state index in [-0.39, 0.29) is 0 Å². The highest BCUT2D eigenvalue weighted by Crippen LogP contribution is 2.29. The minimum absolute atomic E-state index is 0.621. The molecule has 2 aromatic rings. The molecule has 0 saturated carbocycles. The van der Waals surface area contributed by atoms with Gasteiger partial charge in [0.2, 0.25) is 0 Å². The number of rotatable bonds is 3. The number of methoxy groups -OCH3 is 1. The summed E-state index contributed by atoms with van der Waals surface area (Å²) < 4.78 is 5.52. The van der Waals surface area contributed by atoms with Crippen molar-refractivity contribution in [2.24, 2.45) is 0 Å². The van der Waals surface area contributed by atoms with Gasteiger partial charge in [-0.3, -0.25) is 0 Å². The third-order valence-corrected chi connectivity index (χ3v) is 4.13. The van der Waals surface area contributed by atoms with E-state index >= 15 is 0 Å². The third-order valence-electron chi connectivity index (χ3n) is 4.13. The van der Waals surface area contributed by atoms with Gasteiger partial charge in [0, 0.05) is 17.6 Å². The lowest BCUT2D eigenvalue weighted by molar-refractivity contribution is 0.397. The molecular weight excluding hydrogens is 236 g/mol. The Labute approximate surface area is 114 Å². The van der Waals surface area contributed by atoms with Crippen LogP contribution >= 0.6 is 0 Å². The molecule has 1 fully saturated rings. The van der Waals surface area contributed by atoms with Gasteiger partial charge in [0.05, 0.1) is 12.6 Å². The molecule has 1 aliphatic heterocycles. The number of aromatic nitrogens is 1. The molecular formula is C16H22N2O. The number of nitrogens with one attached hydrogen (secondary N) is 2. The van der Waals surface area contributed by atoms with Crippen LogP contribution in [-0.4, -0.2) is 24.7 Å². The summed E-state index contributed by atoms with van der Waals surface area (Å²) in [7, 11) is 1.74. The molecule has 1 unspecified atom stereocenters. The van der Waals surface area contributed by atoms with Gasteiger partial charge in [0.1, 0.15) is 5.75 Å². The van der Waals surface area contributed by atoms with E-state index in [1.807, 2.05) is 0 Å². The van der Waals surface area contributed by atoms with E-state index in [1.54, 1.807) is 7.11 Å². The van der Waals surface area contributed by atoms with Gasteiger partial charge in [-0.15, -0.1) is 0 Å². The second-order valence-electron chi connectivity index (χ2n) is 5.54. The van der Waals surface area contributed by atoms with Crippen LogP contribution < -0.4 is 10.1 Å². The Balaban J connectivity index is 1.92. The number of aromatic amines is 1. The van der Waals surface area contributed by atoms with Crippen molar-refractivity contribution in [2.75, 3.05) is 13.7 Å². The predicted octanol–water partition coefficient (Wildman–Crippen LogP) is 3.17. The van der Waals surface area contributed by atoms with Crippen LogP contribution in [0, 0.1) is 6.92 Å². The Bertz CT molecular complexity index is 567. The molecule has 2 heterocycles. The standard InChI is InChI=1S/C16H22N2O/c1-11-10-18-16-14(11)8-12(9-15(16)19-2)7-13-5-3-4-6-17-13/h8-10,13,17-18H,3-7H2,1-2H3. The largest absolute Gasteiger partial charge is 0.495 e. The van der Waals surface area contributed by atoms with E-state index in [0.717, 1.165) is 24.2 Å². The Morgan fingerprint density at radius 3 is 2.95 bits per heavy atom. The van der Waals surface area contributed by atoms with Crippen molar-refractivity contribution in [3.8, 4) is 5.75 Å². The van der Waals surface area contributed by atoms with Crippen LogP contribution in [0.4, 0.5) is 0 Å². The van der Waals surface area contributed by atoms with Gasteiger partial charge in [0.15, 0.2) is 0 Å². The zero-order chi connectivity index (χ0) is 13.2. The summed E-state index contributed by atoms with van der Waals surface area (Å²) >= 11 is 0. The van der Waals surface area contributed by atoms with Crippen LogP contribution in [0.5, 0.6) is 5.75 Å². The molecule has 3 nitrogen and oxygen atoms in total. The first-order valence-electron chi connectivity index (χ1n) is 7.16. The smallest absolute Gasteiger partial charge is 0.143 e. The van der Waals surface area contributed by atoms with Crippen LogP contribution in [0.25, 0.3) is 10.9 Å². The molecule has 1 aromatic heterocycles. The fraction of sp³-hybridized carbons (Fsp3) is 0.500. The molecule has 1 atom stereocenters. The zero-order valence-electron chi connectivity index (χ0n) is 11.8. The first kappa shape index (κ1) is 12.5. The van der Waals surface area contributed by atoms with Crippen molar-refractivity contribution in [1.82, 2.24) is 10.3 Å². The topological polar surface area (TPSA) is 37.0 Å². The van der Waals surface area contributed by atoms with Crippen molar-refractivity contribution >= 4 is 10.9 Å². The van der Waals surface area contributed by atoms with Crippen LogP contribution in [0.3, 0.4) is 0 Å². The van der Waals surface area contributed by atoms with E-state index < -0.39 is 0 Å². The van der Waals surface area contributed by atoms with Crippen LogP contribution in [-0.2, 0) is 6.42 Å². The van der Waals surface area contributed by atoms with Gasteiger partial charge >= 0.3 is 0 Å². The summed E-state index contributed by atoms with van der Waals surface area (Å²) in [6.45, 7) is 3.30. The highest BCUT2D eigenvalue weighted by Gasteiger charge is 2.15. The highest BCUT2D eigenvalue weighted by molar-refractivity contribution is 5.89. The van der Waals surface area contributed by atoms with Gasteiger partial charge in [-0.1, -0.05) is 6.42 Å². The summed E-state index contributed by atoms with van der Waals surface area (Å²) in [4.78, 5) is 3.30. The Morgan fingerprint density at radius 2 is 2.21 bits per heavy atom. The lowest BCUT2D eigenvalue weighted by atomic mass is 9.96. The van der Waals surface area contributed by atoms with Crippen LogP contribution in [0.2, 0.25) is 0 Å². The summed E-state index contributed by atoms with van der Waals surface area (Å²) in [6.07, 6.45) is 7.09. The number of aryl methyl sites for hydroxylation is 1. The van der Waals surface area contributed by atoms with Crippen LogP contribution in [0.1, 0.15) is 30.4 Å². The molecule has 1 aromatic carbocycles. The summed E-state index contributed by atoms with van der Waals surface area (Å²) in [5.41, 5.74) is 3.76. The molecule has 0 bridgehead atoms. The molecule has 2 N–H and O–H groups in total. The fourth-order valence-corrected chi connectivity index (χ4v) is 3.05. The van der Waals surface area contributed by atoms with Crippen molar-refractivity contribution in [2.45, 2.75) is 38.6 Å². The monoisotopic (exact) mass is 258 g/mol. The first-order valence-corrected chi connectivity index (χ1v) is 7.16. The summed E-state index contributed by atoms with van der Waals surface area (Å²) in [6, 6.07) is 5.10. The molecule has 0 spiro atoms. The van der Waals surface area contributed by atoms with E-state index in [9.17, 15) is 0 Å². The van der Waals surface area contributed by atoms with Gasteiger partial charge in [0.25, 0.3) is 0 Å². The number of hydrogen-bond donors (Lipinski definition) is 2. The molecule has 3 rings (SSSR count). The summed E-state index contributed by atoms with van der Waals surface area (Å²) in [5, 5.41) is 4.90. The minimum Gasteiger partial charge on any atom is -0.495 e. The minimum atomic E-state index is 0.621. The maximum atomic E-state index is 5.52. The lowest BCUT2D eigenvalue weighted by Gasteiger charge is -2.23. The normalized spacial score (nSPS) is 19.8. The fourth-order valence-electron chi connectivity index (χ4n) is 3.05. The van der Waals surface area contributed by atoms with Gasteiger partial charge in [-0.05, 0) is 56.0 Å². The molecule has 19 heavy (non-hydrogen) atoms. The maximum Gasteiger partial charge on any atom is 0.143 e. The molecule has 3 heteroatoms. The summed E-state index contributed by atoms with van der Waals surface area (Å²) in [5.74, 6) is 0.955.